The van der Waals surface area contributed by atoms with Crippen molar-refractivity contribution in [1.82, 2.24) is 4.98 Å². The summed E-state index contributed by atoms with van der Waals surface area (Å²) in [5, 5.41) is 0. The van der Waals surface area contributed by atoms with Gasteiger partial charge in [0.25, 0.3) is 0 Å². The lowest BCUT2D eigenvalue weighted by molar-refractivity contribution is 0.300. The number of ether oxygens (including phenoxy) is 1. The molecule has 0 bridgehead atoms. The van der Waals surface area contributed by atoms with Crippen LogP contribution in [0.5, 0.6) is 5.75 Å². The molecule has 1 heterocycles. The molecular formula is C31H49Br2NO2. The maximum atomic E-state index is 12.4. The summed E-state index contributed by atoms with van der Waals surface area (Å²) in [6.45, 7) is 2.90. The Hall–Kier alpha value is -1.07. The van der Waals surface area contributed by atoms with Crippen LogP contribution in [0.2, 0.25) is 0 Å². The molecular weight excluding hydrogens is 578 g/mol. The third-order valence-corrected chi connectivity index (χ3v) is 7.57. The number of benzene rings is 1. The second-order valence-electron chi connectivity index (χ2n) is 9.93. The van der Waals surface area contributed by atoms with E-state index in [9.17, 15) is 4.79 Å². The van der Waals surface area contributed by atoms with Crippen molar-refractivity contribution in [2.45, 2.75) is 121 Å². The van der Waals surface area contributed by atoms with Gasteiger partial charge in [0.1, 0.15) is 0 Å². The van der Waals surface area contributed by atoms with Gasteiger partial charge in [-0.3, -0.25) is 4.79 Å². The van der Waals surface area contributed by atoms with Crippen LogP contribution in [0.4, 0.5) is 0 Å². The van der Waals surface area contributed by atoms with E-state index in [0.29, 0.717) is 12.4 Å². The molecule has 2 aromatic rings. The van der Waals surface area contributed by atoms with Crippen molar-refractivity contribution in [3.8, 4) is 5.75 Å². The standard InChI is InChI=1S/C31H48BrNO2.BrH/c1-2-3-4-5-6-7-8-9-10-11-12-13-14-15-16-20-23-35-31-26-33-29(25-30(31)34)28(32)24-27-21-18-17-19-22-27;/h17-19,21-22,25-26,28H,2-16,20,23-24H2,1H3,(H,33,34);1H. The van der Waals surface area contributed by atoms with Crippen molar-refractivity contribution in [3.63, 3.8) is 0 Å². The van der Waals surface area contributed by atoms with Gasteiger partial charge in [-0.25, -0.2) is 0 Å². The van der Waals surface area contributed by atoms with E-state index in [1.165, 1.54) is 102 Å². The number of alkyl halides is 1. The van der Waals surface area contributed by atoms with E-state index in [1.54, 1.807) is 12.3 Å². The van der Waals surface area contributed by atoms with Crippen molar-refractivity contribution >= 4 is 32.9 Å². The van der Waals surface area contributed by atoms with Crippen molar-refractivity contribution in [3.05, 3.63) is 64.1 Å². The topological polar surface area (TPSA) is 42.1 Å². The van der Waals surface area contributed by atoms with Crippen LogP contribution in [0, 0.1) is 0 Å². The Balaban J connectivity index is 0.00000648. The van der Waals surface area contributed by atoms with Gasteiger partial charge in [-0.05, 0) is 18.4 Å². The Morgan fingerprint density at radius 2 is 1.28 bits per heavy atom. The summed E-state index contributed by atoms with van der Waals surface area (Å²) >= 11 is 3.70. The highest BCUT2D eigenvalue weighted by molar-refractivity contribution is 9.09. The Kier molecular flexibility index (Phi) is 20.1. The molecule has 0 aliphatic rings. The molecule has 1 unspecified atom stereocenters. The fourth-order valence-corrected chi connectivity index (χ4v) is 5.17. The lowest BCUT2D eigenvalue weighted by Gasteiger charge is -2.11. The molecule has 0 aliphatic heterocycles. The normalized spacial score (nSPS) is 11.7. The van der Waals surface area contributed by atoms with Gasteiger partial charge in [0, 0.05) is 18.0 Å². The first kappa shape index (κ1) is 33.0. The Morgan fingerprint density at radius 1 is 0.778 bits per heavy atom. The number of H-pyrrole nitrogens is 1. The van der Waals surface area contributed by atoms with Crippen molar-refractivity contribution in [2.75, 3.05) is 6.61 Å². The third kappa shape index (κ3) is 15.2. The zero-order chi connectivity index (χ0) is 25.0. The van der Waals surface area contributed by atoms with Crippen molar-refractivity contribution < 1.29 is 4.74 Å². The molecule has 0 fully saturated rings. The molecule has 0 aliphatic carbocycles. The van der Waals surface area contributed by atoms with Crippen LogP contribution in [0.25, 0.3) is 0 Å². The van der Waals surface area contributed by atoms with E-state index in [1.807, 2.05) is 18.2 Å². The third-order valence-electron chi connectivity index (χ3n) is 6.75. The minimum atomic E-state index is -0.0484. The second kappa shape index (κ2) is 22.0. The van der Waals surface area contributed by atoms with Gasteiger partial charge in [0.2, 0.25) is 5.43 Å². The fourth-order valence-electron chi connectivity index (χ4n) is 4.53. The smallest absolute Gasteiger partial charge is 0.223 e. The minimum absolute atomic E-state index is 0. The molecule has 0 amide bonds. The number of rotatable bonds is 21. The molecule has 1 N–H and O–H groups in total. The highest BCUT2D eigenvalue weighted by Crippen LogP contribution is 2.25. The van der Waals surface area contributed by atoms with Gasteiger partial charge in [0.15, 0.2) is 5.75 Å². The summed E-state index contributed by atoms with van der Waals surface area (Å²) in [6.07, 6.45) is 24.2. The van der Waals surface area contributed by atoms with E-state index in [4.69, 9.17) is 4.74 Å². The molecule has 36 heavy (non-hydrogen) atoms. The molecule has 0 spiro atoms. The number of unbranched alkanes of at least 4 members (excludes halogenated alkanes) is 15. The van der Waals surface area contributed by atoms with Crippen molar-refractivity contribution in [1.29, 1.82) is 0 Å². The predicted molar refractivity (Wildman–Crippen MR) is 164 cm³/mol. The number of hydrogen-bond acceptors (Lipinski definition) is 2. The largest absolute Gasteiger partial charge is 0.488 e. The number of aromatic nitrogens is 1. The predicted octanol–water partition coefficient (Wildman–Crippen LogP) is 10.3. The van der Waals surface area contributed by atoms with Crippen LogP contribution in [0.1, 0.15) is 126 Å². The first-order valence-corrected chi connectivity index (χ1v) is 15.2. The monoisotopic (exact) mass is 625 g/mol. The van der Waals surface area contributed by atoms with Gasteiger partial charge in [-0.15, -0.1) is 17.0 Å². The minimum Gasteiger partial charge on any atom is -0.488 e. The molecule has 1 atom stereocenters. The lowest BCUT2D eigenvalue weighted by Crippen LogP contribution is -2.11. The number of pyridine rings is 1. The first-order valence-electron chi connectivity index (χ1n) is 14.2. The molecule has 0 radical (unpaired) electrons. The number of halogens is 2. The molecule has 2 rings (SSSR count). The van der Waals surface area contributed by atoms with Gasteiger partial charge < -0.3 is 9.72 Å². The summed E-state index contributed by atoms with van der Waals surface area (Å²) in [7, 11) is 0. The molecule has 1 aromatic heterocycles. The van der Waals surface area contributed by atoms with Crippen LogP contribution < -0.4 is 10.2 Å². The average Bonchev–Trinajstić information content (AvgIpc) is 2.87. The van der Waals surface area contributed by atoms with Crippen LogP contribution in [0.3, 0.4) is 0 Å². The zero-order valence-corrected chi connectivity index (χ0v) is 25.7. The van der Waals surface area contributed by atoms with Crippen LogP contribution >= 0.6 is 32.9 Å². The van der Waals surface area contributed by atoms with E-state index < -0.39 is 0 Å². The maximum absolute atomic E-state index is 12.4. The van der Waals surface area contributed by atoms with Gasteiger partial charge in [0.05, 0.1) is 11.4 Å². The lowest BCUT2D eigenvalue weighted by atomic mass is 10.0. The molecule has 1 aromatic carbocycles. The molecule has 204 valence electrons. The quantitative estimate of drug-likeness (QED) is 0.111. The Morgan fingerprint density at radius 3 is 1.78 bits per heavy atom. The molecule has 0 saturated heterocycles. The summed E-state index contributed by atoms with van der Waals surface area (Å²) in [5.41, 5.74) is 2.07. The summed E-state index contributed by atoms with van der Waals surface area (Å²) in [6, 6.07) is 11.9. The first-order chi connectivity index (χ1) is 17.2. The van der Waals surface area contributed by atoms with Gasteiger partial charge >= 0.3 is 0 Å². The number of nitrogens with one attached hydrogen (secondary N) is 1. The molecule has 0 saturated carbocycles. The highest BCUT2D eigenvalue weighted by atomic mass is 79.9. The highest BCUT2D eigenvalue weighted by Gasteiger charge is 2.11. The second-order valence-corrected chi connectivity index (χ2v) is 11.0. The zero-order valence-electron chi connectivity index (χ0n) is 22.4. The van der Waals surface area contributed by atoms with E-state index in [0.717, 1.165) is 18.5 Å². The van der Waals surface area contributed by atoms with Crippen LogP contribution in [-0.4, -0.2) is 11.6 Å². The fraction of sp³-hybridized carbons (Fsp3) is 0.645. The summed E-state index contributed by atoms with van der Waals surface area (Å²) in [5.74, 6) is 0.425. The van der Waals surface area contributed by atoms with E-state index in [2.05, 4.69) is 40.0 Å². The van der Waals surface area contributed by atoms with Crippen molar-refractivity contribution in [2.24, 2.45) is 0 Å². The van der Waals surface area contributed by atoms with Crippen LogP contribution in [0.15, 0.2) is 47.4 Å². The average molecular weight is 628 g/mol. The number of hydrogen-bond donors (Lipinski definition) is 1. The molecule has 5 heteroatoms. The van der Waals surface area contributed by atoms with E-state index >= 15 is 0 Å². The maximum Gasteiger partial charge on any atom is 0.223 e. The molecule has 3 nitrogen and oxygen atoms in total. The number of aromatic amines is 1. The van der Waals surface area contributed by atoms with Gasteiger partial charge in [-0.2, -0.15) is 0 Å². The van der Waals surface area contributed by atoms with E-state index in [-0.39, 0.29) is 27.2 Å². The summed E-state index contributed by atoms with van der Waals surface area (Å²) in [4.78, 5) is 15.7. The van der Waals surface area contributed by atoms with Crippen LogP contribution in [-0.2, 0) is 6.42 Å². The Labute approximate surface area is 239 Å². The Bertz CT molecular complexity index is 825. The van der Waals surface area contributed by atoms with Gasteiger partial charge in [-0.1, -0.05) is 149 Å². The summed E-state index contributed by atoms with van der Waals surface area (Å²) < 4.78 is 5.75. The SMILES string of the molecule is Br.CCCCCCCCCCCCCCCCCCOc1c[nH]c(C(Br)Cc2ccccc2)cc1=O.